The number of hydrogen-bond acceptors (Lipinski definition) is 7. The number of pyridine rings is 1. The average Bonchev–Trinajstić information content (AvgIpc) is 3.34. The monoisotopic (exact) mass is 582 g/mol. The Hall–Kier alpha value is -3.67. The van der Waals surface area contributed by atoms with Crippen LogP contribution >= 0.6 is 23.2 Å². The molecule has 3 aromatic rings. The van der Waals surface area contributed by atoms with Crippen LogP contribution in [0.5, 0.6) is 11.6 Å². The third kappa shape index (κ3) is 5.29. The predicted molar refractivity (Wildman–Crippen MR) is 134 cm³/mol. The van der Waals surface area contributed by atoms with E-state index in [1.807, 2.05) is 0 Å². The number of carboxylic acid groups (broad SMARTS) is 1. The van der Waals surface area contributed by atoms with Crippen LogP contribution in [-0.2, 0) is 10.4 Å². The number of Topliss-reactive ketones (excluding diaryl/α,β-unsaturated/α-hetero) is 1. The number of ketones is 1. The van der Waals surface area contributed by atoms with Gasteiger partial charge in [-0.05, 0) is 29.8 Å². The van der Waals surface area contributed by atoms with Gasteiger partial charge in [0.05, 0.1) is 17.3 Å². The number of ether oxygens (including phenoxy) is 1. The van der Waals surface area contributed by atoms with E-state index in [9.17, 15) is 27.9 Å². The van der Waals surface area contributed by atoms with Crippen LogP contribution in [0.1, 0.15) is 47.3 Å². The van der Waals surface area contributed by atoms with Crippen molar-refractivity contribution in [1.82, 2.24) is 9.97 Å². The number of carboxylic acids is 1. The highest BCUT2D eigenvalue weighted by molar-refractivity contribution is 6.32. The van der Waals surface area contributed by atoms with E-state index in [1.54, 1.807) is 19.1 Å². The standard InChI is InChI=1S/C26H19Cl2F3N2O6/c1-12-4-3-5-16(21(12)34)23-32-11-19(39-23)25(37,26(29,30)31)13(2)15-7-6-14(10-18(15)27)38-20-9-8-17(24(35)36)22(28)33-20/h3-13,37H,1-2H3,(H,35,36). The average molecular weight is 583 g/mol. The third-order valence-electron chi connectivity index (χ3n) is 6.23. The number of halogens is 5. The molecule has 1 aliphatic rings. The molecule has 2 aromatic heterocycles. The Morgan fingerprint density at radius 3 is 2.54 bits per heavy atom. The maximum atomic E-state index is 14.4. The molecule has 0 spiro atoms. The highest BCUT2D eigenvalue weighted by Gasteiger charge is 2.61. The lowest BCUT2D eigenvalue weighted by molar-refractivity contribution is -0.280. The summed E-state index contributed by atoms with van der Waals surface area (Å²) in [6.45, 7) is 2.73. The maximum Gasteiger partial charge on any atom is 0.425 e. The van der Waals surface area contributed by atoms with E-state index in [2.05, 4.69) is 9.97 Å². The molecule has 3 unspecified atom stereocenters. The first-order valence-corrected chi connectivity index (χ1v) is 12.0. The zero-order valence-corrected chi connectivity index (χ0v) is 21.7. The second kappa shape index (κ2) is 10.5. The molecule has 0 fully saturated rings. The van der Waals surface area contributed by atoms with Gasteiger partial charge in [0.2, 0.25) is 17.4 Å². The van der Waals surface area contributed by atoms with Crippen LogP contribution in [0, 0.1) is 5.92 Å². The summed E-state index contributed by atoms with van der Waals surface area (Å²) < 4.78 is 54.0. The van der Waals surface area contributed by atoms with Crippen LogP contribution < -0.4 is 4.74 Å². The quantitative estimate of drug-likeness (QED) is 0.299. The van der Waals surface area contributed by atoms with Gasteiger partial charge in [0.15, 0.2) is 11.5 Å². The van der Waals surface area contributed by atoms with E-state index in [0.29, 0.717) is 0 Å². The summed E-state index contributed by atoms with van der Waals surface area (Å²) in [5.74, 6) is -5.17. The summed E-state index contributed by atoms with van der Waals surface area (Å²) in [6, 6.07) is 6.14. The fraction of sp³-hybridized carbons (Fsp3) is 0.231. The summed E-state index contributed by atoms with van der Waals surface area (Å²) in [6.07, 6.45) is 0.0669. The zero-order chi connectivity index (χ0) is 28.7. The van der Waals surface area contributed by atoms with Crippen molar-refractivity contribution in [1.29, 1.82) is 0 Å². The normalized spacial score (nSPS) is 17.9. The molecule has 1 aromatic carbocycles. The molecule has 4 rings (SSSR count). The van der Waals surface area contributed by atoms with Gasteiger partial charge in [-0.3, -0.25) is 4.79 Å². The molecule has 0 saturated carbocycles. The number of allylic oxidation sites excluding steroid dienone is 4. The maximum absolute atomic E-state index is 14.4. The van der Waals surface area contributed by atoms with Gasteiger partial charge >= 0.3 is 12.1 Å². The van der Waals surface area contributed by atoms with Crippen molar-refractivity contribution in [3.8, 4) is 11.6 Å². The van der Waals surface area contributed by atoms with Gasteiger partial charge in [-0.1, -0.05) is 55.3 Å². The molecule has 13 heteroatoms. The number of carbonyl (C=O) groups is 2. The van der Waals surface area contributed by atoms with Crippen molar-refractivity contribution in [3.63, 3.8) is 0 Å². The molecule has 0 radical (unpaired) electrons. The Balaban J connectivity index is 1.65. The van der Waals surface area contributed by atoms with Crippen LogP contribution in [0.25, 0.3) is 5.57 Å². The minimum absolute atomic E-state index is 0.0157. The number of aromatic nitrogens is 2. The van der Waals surface area contributed by atoms with Crippen molar-refractivity contribution in [2.45, 2.75) is 31.5 Å². The minimum atomic E-state index is -5.23. The molecule has 204 valence electrons. The van der Waals surface area contributed by atoms with Gasteiger partial charge in [-0.15, -0.1) is 0 Å². The SMILES string of the molecule is CC1C=CC=C(c2ncc(C(O)(C(C)c3ccc(Oc4ccc(C(=O)O)c(Cl)n4)cc3Cl)C(F)(F)F)o2)C1=O. The number of aromatic carboxylic acids is 1. The van der Waals surface area contributed by atoms with E-state index >= 15 is 0 Å². The number of rotatable bonds is 7. The van der Waals surface area contributed by atoms with E-state index in [-0.39, 0.29) is 50.2 Å². The van der Waals surface area contributed by atoms with E-state index in [0.717, 1.165) is 13.1 Å². The summed E-state index contributed by atoms with van der Waals surface area (Å²) in [5.41, 5.74) is -3.92. The molecular formula is C26H19Cl2F3N2O6. The van der Waals surface area contributed by atoms with Gasteiger partial charge in [-0.2, -0.15) is 13.2 Å². The highest BCUT2D eigenvalue weighted by atomic mass is 35.5. The molecule has 2 N–H and O–H groups in total. The molecule has 2 heterocycles. The molecule has 0 bridgehead atoms. The summed E-state index contributed by atoms with van der Waals surface area (Å²) in [7, 11) is 0. The first-order valence-electron chi connectivity index (χ1n) is 11.3. The molecule has 0 aliphatic heterocycles. The third-order valence-corrected chi connectivity index (χ3v) is 6.84. The lowest BCUT2D eigenvalue weighted by Gasteiger charge is -2.34. The van der Waals surface area contributed by atoms with Gasteiger partial charge in [0, 0.05) is 22.9 Å². The molecule has 8 nitrogen and oxygen atoms in total. The molecule has 0 saturated heterocycles. The number of oxazole rings is 1. The van der Waals surface area contributed by atoms with E-state index in [1.165, 1.54) is 36.4 Å². The zero-order valence-electron chi connectivity index (χ0n) is 20.2. The number of benzene rings is 1. The first kappa shape index (κ1) is 28.3. The summed E-state index contributed by atoms with van der Waals surface area (Å²) in [5, 5.41) is 19.6. The summed E-state index contributed by atoms with van der Waals surface area (Å²) >= 11 is 12.1. The number of nitrogens with zero attached hydrogens (tertiary/aromatic N) is 2. The van der Waals surface area contributed by atoms with Crippen LogP contribution in [0.3, 0.4) is 0 Å². The van der Waals surface area contributed by atoms with Crippen LogP contribution in [-0.4, -0.2) is 38.1 Å². The Labute approximate surface area is 229 Å². The lowest BCUT2D eigenvalue weighted by atomic mass is 9.81. The van der Waals surface area contributed by atoms with Crippen LogP contribution in [0.2, 0.25) is 10.2 Å². The largest absolute Gasteiger partial charge is 0.478 e. The molecule has 0 amide bonds. The van der Waals surface area contributed by atoms with Gasteiger partial charge in [0.25, 0.3) is 0 Å². The van der Waals surface area contributed by atoms with Crippen molar-refractivity contribution in [3.05, 3.63) is 87.7 Å². The molecule has 1 aliphatic carbocycles. The van der Waals surface area contributed by atoms with Gasteiger partial charge in [-0.25, -0.2) is 14.8 Å². The number of alkyl halides is 3. The number of hydrogen-bond donors (Lipinski definition) is 2. The lowest BCUT2D eigenvalue weighted by Crippen LogP contribution is -2.46. The van der Waals surface area contributed by atoms with Crippen molar-refractivity contribution >= 4 is 40.5 Å². The Bertz CT molecular complexity index is 1520. The summed E-state index contributed by atoms with van der Waals surface area (Å²) in [4.78, 5) is 31.2. The van der Waals surface area contributed by atoms with Crippen LogP contribution in [0.4, 0.5) is 13.2 Å². The minimum Gasteiger partial charge on any atom is -0.478 e. The molecule has 39 heavy (non-hydrogen) atoms. The van der Waals surface area contributed by atoms with Gasteiger partial charge < -0.3 is 19.4 Å². The van der Waals surface area contributed by atoms with E-state index in [4.69, 9.17) is 37.5 Å². The highest BCUT2D eigenvalue weighted by Crippen LogP contribution is 2.50. The number of carbonyl (C=O) groups excluding carboxylic acids is 1. The first-order chi connectivity index (χ1) is 18.2. The number of aliphatic hydroxyl groups is 1. The second-order valence-corrected chi connectivity index (χ2v) is 9.48. The fourth-order valence-corrected chi connectivity index (χ4v) is 4.55. The Kier molecular flexibility index (Phi) is 7.61. The van der Waals surface area contributed by atoms with Gasteiger partial charge in [0.1, 0.15) is 10.9 Å². The fourth-order valence-electron chi connectivity index (χ4n) is 3.99. The van der Waals surface area contributed by atoms with Crippen LogP contribution in [0.15, 0.2) is 59.2 Å². The van der Waals surface area contributed by atoms with Crippen molar-refractivity contribution < 1.29 is 42.1 Å². The molecule has 3 atom stereocenters. The molecular weight excluding hydrogens is 564 g/mol. The topological polar surface area (TPSA) is 123 Å². The van der Waals surface area contributed by atoms with E-state index < -0.39 is 35.3 Å². The Morgan fingerprint density at radius 2 is 1.92 bits per heavy atom. The van der Waals surface area contributed by atoms with Crippen molar-refractivity contribution in [2.75, 3.05) is 0 Å². The predicted octanol–water partition coefficient (Wildman–Crippen LogP) is 6.58. The van der Waals surface area contributed by atoms with Crippen molar-refractivity contribution in [2.24, 2.45) is 5.92 Å². The smallest absolute Gasteiger partial charge is 0.425 e. The Morgan fingerprint density at radius 1 is 1.21 bits per heavy atom. The second-order valence-electron chi connectivity index (χ2n) is 8.71.